The molecule has 0 fully saturated rings. The number of aromatic nitrogens is 4. The molecule has 3 rings (SSSR count). The highest BCUT2D eigenvalue weighted by atomic mass is 19.4. The van der Waals surface area contributed by atoms with E-state index in [9.17, 15) is 18.0 Å². The Kier molecular flexibility index (Phi) is 6.71. The molecule has 2 heterocycles. The monoisotopic (exact) mass is 440 g/mol. The first-order valence-electron chi connectivity index (χ1n) is 10.4. The van der Waals surface area contributed by atoms with Gasteiger partial charge in [-0.2, -0.15) is 18.0 Å². The summed E-state index contributed by atoms with van der Waals surface area (Å²) in [5.41, 5.74) is 0.197. The second-order valence-electron chi connectivity index (χ2n) is 7.62. The minimum Gasteiger partial charge on any atom is -0.446 e. The number of rotatable bonds is 5. The van der Waals surface area contributed by atoms with Gasteiger partial charge in [0.05, 0.1) is 24.3 Å². The molecule has 1 aliphatic heterocycles. The molecule has 11 heteroatoms. The maximum absolute atomic E-state index is 13.8. The van der Waals surface area contributed by atoms with Crippen LogP contribution >= 0.6 is 0 Å². The predicted octanol–water partition coefficient (Wildman–Crippen LogP) is 4.48. The number of nitrogens with zero attached hydrogens (tertiary/aromatic N) is 5. The highest BCUT2D eigenvalue weighted by Gasteiger charge is 2.37. The van der Waals surface area contributed by atoms with Crippen LogP contribution in [-0.2, 0) is 24.4 Å². The number of ether oxygens (including phenoxy) is 1. The van der Waals surface area contributed by atoms with Gasteiger partial charge in [0.15, 0.2) is 0 Å². The number of fused-ring (bicyclic) bond motifs is 1. The van der Waals surface area contributed by atoms with Crippen molar-refractivity contribution < 1.29 is 22.7 Å². The summed E-state index contributed by atoms with van der Waals surface area (Å²) in [4.78, 5) is 15.4. The lowest BCUT2D eigenvalue weighted by Gasteiger charge is -2.27. The van der Waals surface area contributed by atoms with Crippen LogP contribution in [0.3, 0.4) is 0 Å². The summed E-state index contributed by atoms with van der Waals surface area (Å²) in [7, 11) is 1.62. The fraction of sp³-hybridized carbons (Fsp3) is 0.600. The van der Waals surface area contributed by atoms with E-state index in [1.165, 1.54) is 15.8 Å². The summed E-state index contributed by atoms with van der Waals surface area (Å²) < 4.78 is 46.7. The smallest absolute Gasteiger partial charge is 0.416 e. The number of carbonyl (C=O) groups excluding carboxylic acids is 1. The molecule has 1 aliphatic rings. The molecular formula is C20H27F3N6O2. The number of hydrogen-bond donors (Lipinski definition) is 1. The first-order chi connectivity index (χ1) is 14.6. The third-order valence-electron chi connectivity index (χ3n) is 5.39. The van der Waals surface area contributed by atoms with Gasteiger partial charge in [0.1, 0.15) is 6.10 Å². The van der Waals surface area contributed by atoms with Crippen LogP contribution in [-0.4, -0.2) is 38.9 Å². The molecule has 1 aromatic carbocycles. The van der Waals surface area contributed by atoms with Crippen LogP contribution in [0.25, 0.3) is 0 Å². The number of halogens is 3. The molecule has 8 nitrogen and oxygen atoms in total. The molecule has 1 amide bonds. The Balaban J connectivity index is 2.09. The van der Waals surface area contributed by atoms with E-state index in [1.807, 2.05) is 6.92 Å². The third-order valence-corrected chi connectivity index (χ3v) is 5.39. The van der Waals surface area contributed by atoms with Gasteiger partial charge in [0, 0.05) is 6.54 Å². The average Bonchev–Trinajstić information content (AvgIpc) is 3.04. The third kappa shape index (κ3) is 5.08. The molecular weight excluding hydrogens is 413 g/mol. The van der Waals surface area contributed by atoms with Crippen molar-refractivity contribution in [1.82, 2.24) is 20.2 Å². The lowest BCUT2D eigenvalue weighted by Crippen LogP contribution is -2.34. The van der Waals surface area contributed by atoms with Crippen LogP contribution in [0, 0.1) is 0 Å². The van der Waals surface area contributed by atoms with Gasteiger partial charge in [-0.05, 0) is 55.0 Å². The molecule has 1 aromatic heterocycles. The molecule has 0 bridgehead atoms. The number of tetrazole rings is 1. The van der Waals surface area contributed by atoms with E-state index in [-0.39, 0.29) is 42.3 Å². The highest BCUT2D eigenvalue weighted by molar-refractivity contribution is 5.89. The van der Waals surface area contributed by atoms with Crippen LogP contribution in [0.2, 0.25) is 0 Å². The fourth-order valence-corrected chi connectivity index (χ4v) is 3.61. The van der Waals surface area contributed by atoms with Gasteiger partial charge in [0.25, 0.3) is 5.95 Å². The normalized spacial score (nSPS) is 17.6. The Morgan fingerprint density at radius 1 is 1.35 bits per heavy atom. The number of benzene rings is 1. The van der Waals surface area contributed by atoms with E-state index >= 15 is 0 Å². The van der Waals surface area contributed by atoms with E-state index in [4.69, 9.17) is 4.74 Å². The molecule has 0 spiro atoms. The second kappa shape index (κ2) is 9.11. The van der Waals surface area contributed by atoms with Gasteiger partial charge in [-0.3, -0.25) is 4.90 Å². The van der Waals surface area contributed by atoms with E-state index < -0.39 is 17.8 Å². The van der Waals surface area contributed by atoms with Crippen molar-refractivity contribution in [3.8, 4) is 0 Å². The van der Waals surface area contributed by atoms with Crippen LogP contribution in [0.15, 0.2) is 12.1 Å². The number of carbonyl (C=O) groups is 1. The topological polar surface area (TPSA) is 85.2 Å². The maximum atomic E-state index is 13.8. The zero-order valence-electron chi connectivity index (χ0n) is 18.0. The van der Waals surface area contributed by atoms with Crippen molar-refractivity contribution in [1.29, 1.82) is 0 Å². The largest absolute Gasteiger partial charge is 0.446 e. The molecule has 2 unspecified atom stereocenters. The Hall–Kier alpha value is -2.85. The molecule has 1 N–H and O–H groups in total. The van der Waals surface area contributed by atoms with Crippen LogP contribution in [0.1, 0.15) is 62.8 Å². The van der Waals surface area contributed by atoms with Gasteiger partial charge < -0.3 is 10.1 Å². The Morgan fingerprint density at radius 2 is 2.10 bits per heavy atom. The van der Waals surface area contributed by atoms with Gasteiger partial charge in [0.2, 0.25) is 0 Å². The summed E-state index contributed by atoms with van der Waals surface area (Å²) >= 11 is 0. The number of aryl methyl sites for hydroxylation is 2. The molecule has 2 atom stereocenters. The van der Waals surface area contributed by atoms with Crippen molar-refractivity contribution in [3.63, 3.8) is 0 Å². The second-order valence-corrected chi connectivity index (χ2v) is 7.62. The SMILES string of the molecule is CCc1cc2c(cc1C(F)(F)F)N(C(=O)OC(C)CC)CCCC2Nc1nnn(C)n1. The Bertz CT molecular complexity index is 930. The summed E-state index contributed by atoms with van der Waals surface area (Å²) in [6, 6.07) is 2.21. The fourth-order valence-electron chi connectivity index (χ4n) is 3.61. The zero-order valence-corrected chi connectivity index (χ0v) is 18.0. The van der Waals surface area contributed by atoms with Crippen molar-refractivity contribution in [3.05, 3.63) is 28.8 Å². The maximum Gasteiger partial charge on any atom is 0.416 e. The van der Waals surface area contributed by atoms with E-state index in [0.29, 0.717) is 24.8 Å². The summed E-state index contributed by atoms with van der Waals surface area (Å²) in [5.74, 6) is 0.270. The van der Waals surface area contributed by atoms with Gasteiger partial charge in [-0.1, -0.05) is 25.0 Å². The minimum absolute atomic E-state index is 0.169. The molecule has 0 radical (unpaired) electrons. The van der Waals surface area contributed by atoms with E-state index in [0.717, 1.165) is 6.07 Å². The zero-order chi connectivity index (χ0) is 22.8. The Labute approximate surface area is 178 Å². The predicted molar refractivity (Wildman–Crippen MR) is 109 cm³/mol. The lowest BCUT2D eigenvalue weighted by atomic mass is 9.94. The van der Waals surface area contributed by atoms with Crippen LogP contribution in [0.5, 0.6) is 0 Å². The number of anilines is 2. The quantitative estimate of drug-likeness (QED) is 0.738. The van der Waals surface area contributed by atoms with Gasteiger partial charge in [-0.25, -0.2) is 4.79 Å². The number of hydrogen-bond acceptors (Lipinski definition) is 6. The molecule has 31 heavy (non-hydrogen) atoms. The molecule has 170 valence electrons. The molecule has 2 aromatic rings. The van der Waals surface area contributed by atoms with Crippen LogP contribution in [0.4, 0.5) is 29.6 Å². The van der Waals surface area contributed by atoms with Gasteiger partial charge in [-0.15, -0.1) is 5.10 Å². The summed E-state index contributed by atoms with van der Waals surface area (Å²) in [6.45, 7) is 5.55. The van der Waals surface area contributed by atoms with E-state index in [2.05, 4.69) is 20.7 Å². The molecule has 0 saturated carbocycles. The minimum atomic E-state index is -4.53. The summed E-state index contributed by atoms with van der Waals surface area (Å²) in [5, 5.41) is 15.0. The lowest BCUT2D eigenvalue weighted by molar-refractivity contribution is -0.138. The van der Waals surface area contributed by atoms with Crippen molar-refractivity contribution in [2.75, 3.05) is 16.8 Å². The van der Waals surface area contributed by atoms with Gasteiger partial charge >= 0.3 is 12.3 Å². The van der Waals surface area contributed by atoms with Crippen LogP contribution < -0.4 is 10.2 Å². The van der Waals surface area contributed by atoms with Crippen molar-refractivity contribution >= 4 is 17.7 Å². The first-order valence-corrected chi connectivity index (χ1v) is 10.4. The Morgan fingerprint density at radius 3 is 2.68 bits per heavy atom. The first kappa shape index (κ1) is 22.8. The molecule has 0 aliphatic carbocycles. The standard InChI is InChI=1S/C20H27F3N6O2/c1-5-12(3)31-19(30)29-9-7-8-16(24-18-25-27-28(4)26-18)14-10-13(6-2)15(11-17(14)29)20(21,22)23/h10-12,16H,5-9H2,1-4H3,(H,24,26). The average molecular weight is 440 g/mol. The number of alkyl halides is 3. The van der Waals surface area contributed by atoms with Crippen molar-refractivity contribution in [2.24, 2.45) is 7.05 Å². The summed E-state index contributed by atoms with van der Waals surface area (Å²) in [6.07, 6.45) is -3.57. The van der Waals surface area contributed by atoms with E-state index in [1.54, 1.807) is 20.9 Å². The number of amides is 1. The molecule has 0 saturated heterocycles. The van der Waals surface area contributed by atoms with Crippen molar-refractivity contribution in [2.45, 2.75) is 64.8 Å². The number of nitrogens with one attached hydrogen (secondary N) is 1. The highest BCUT2D eigenvalue weighted by Crippen LogP contribution is 2.42.